The van der Waals surface area contributed by atoms with Gasteiger partial charge < -0.3 is 15.4 Å². The van der Waals surface area contributed by atoms with Gasteiger partial charge in [-0.15, -0.1) is 11.3 Å². The fourth-order valence-corrected chi connectivity index (χ4v) is 4.90. The van der Waals surface area contributed by atoms with E-state index in [1.165, 1.54) is 26.2 Å². The number of thiazole rings is 1. The SMILES string of the molecule is COc1ccc(NC(C)=O)cc1NC(=O)CCc1csc(NS(=O)(=O)c2ccc(C)cc2)n1. The summed E-state index contributed by atoms with van der Waals surface area (Å²) in [6.07, 6.45) is 0.448. The van der Waals surface area contributed by atoms with Gasteiger partial charge in [0.15, 0.2) is 5.13 Å². The lowest BCUT2D eigenvalue weighted by molar-refractivity contribution is -0.116. The van der Waals surface area contributed by atoms with Crippen LogP contribution in [0.2, 0.25) is 0 Å². The first-order valence-corrected chi connectivity index (χ1v) is 12.3. The van der Waals surface area contributed by atoms with E-state index in [-0.39, 0.29) is 28.3 Å². The van der Waals surface area contributed by atoms with Crippen LogP contribution in [0.3, 0.4) is 0 Å². The standard InChI is InChI=1S/C22H24N4O5S2/c1-14-4-8-18(9-5-14)33(29,30)26-22-24-17(13-32-22)7-11-21(28)25-19-12-16(23-15(2)27)6-10-20(19)31-3/h4-6,8-10,12-13H,7,11H2,1-3H3,(H,23,27)(H,24,26)(H,25,28). The van der Waals surface area contributed by atoms with Gasteiger partial charge in [-0.05, 0) is 43.7 Å². The van der Waals surface area contributed by atoms with E-state index < -0.39 is 10.0 Å². The number of amides is 2. The van der Waals surface area contributed by atoms with Crippen molar-refractivity contribution >= 4 is 49.7 Å². The number of rotatable bonds is 9. The number of carbonyl (C=O) groups is 2. The van der Waals surface area contributed by atoms with Crippen molar-refractivity contribution in [1.82, 2.24) is 4.98 Å². The summed E-state index contributed by atoms with van der Waals surface area (Å²) in [4.78, 5) is 28.1. The molecule has 0 aliphatic carbocycles. The Kier molecular flexibility index (Phi) is 7.67. The molecule has 2 amide bonds. The molecule has 0 fully saturated rings. The first-order chi connectivity index (χ1) is 15.7. The van der Waals surface area contributed by atoms with Gasteiger partial charge in [0.1, 0.15) is 5.75 Å². The van der Waals surface area contributed by atoms with Gasteiger partial charge in [-0.1, -0.05) is 17.7 Å². The van der Waals surface area contributed by atoms with Crippen LogP contribution in [0.25, 0.3) is 0 Å². The van der Waals surface area contributed by atoms with Crippen LogP contribution in [0.15, 0.2) is 52.7 Å². The van der Waals surface area contributed by atoms with Gasteiger partial charge in [-0.2, -0.15) is 0 Å². The molecule has 3 rings (SSSR count). The Hall–Kier alpha value is -3.44. The van der Waals surface area contributed by atoms with Crippen LogP contribution in [0.5, 0.6) is 5.75 Å². The molecule has 33 heavy (non-hydrogen) atoms. The number of aryl methyl sites for hydroxylation is 2. The number of ether oxygens (including phenoxy) is 1. The largest absolute Gasteiger partial charge is 0.495 e. The molecule has 0 aliphatic rings. The number of anilines is 3. The molecule has 11 heteroatoms. The lowest BCUT2D eigenvalue weighted by atomic mass is 10.2. The second-order valence-corrected chi connectivity index (χ2v) is 9.75. The lowest BCUT2D eigenvalue weighted by Crippen LogP contribution is -2.14. The molecule has 3 aromatic rings. The molecule has 2 aromatic carbocycles. The van der Waals surface area contributed by atoms with Crippen molar-refractivity contribution in [2.45, 2.75) is 31.6 Å². The molecule has 0 aliphatic heterocycles. The molecule has 1 aromatic heterocycles. The Balaban J connectivity index is 1.59. The molecular formula is C22H24N4O5S2. The van der Waals surface area contributed by atoms with Crippen molar-refractivity contribution in [3.05, 3.63) is 59.1 Å². The molecule has 0 bridgehead atoms. The average Bonchev–Trinajstić information content (AvgIpc) is 3.19. The number of methoxy groups -OCH3 is 1. The third-order valence-corrected chi connectivity index (χ3v) is 6.80. The monoisotopic (exact) mass is 488 g/mol. The van der Waals surface area contributed by atoms with Crippen LogP contribution in [-0.4, -0.2) is 32.3 Å². The van der Waals surface area contributed by atoms with E-state index in [0.717, 1.165) is 16.9 Å². The smallest absolute Gasteiger partial charge is 0.263 e. The number of nitrogens with zero attached hydrogens (tertiary/aromatic N) is 1. The zero-order chi connectivity index (χ0) is 24.0. The van der Waals surface area contributed by atoms with E-state index in [0.29, 0.717) is 29.2 Å². The van der Waals surface area contributed by atoms with Gasteiger partial charge in [-0.25, -0.2) is 13.4 Å². The molecular weight excluding hydrogens is 464 g/mol. The number of aromatic nitrogens is 1. The molecule has 0 saturated carbocycles. The summed E-state index contributed by atoms with van der Waals surface area (Å²) in [5.41, 5.74) is 2.51. The Morgan fingerprint density at radius 3 is 2.48 bits per heavy atom. The minimum atomic E-state index is -3.73. The third kappa shape index (κ3) is 6.77. The highest BCUT2D eigenvalue weighted by Crippen LogP contribution is 2.28. The summed E-state index contributed by atoms with van der Waals surface area (Å²) in [7, 11) is -2.25. The highest BCUT2D eigenvalue weighted by atomic mass is 32.2. The maximum absolute atomic E-state index is 12.5. The highest BCUT2D eigenvalue weighted by molar-refractivity contribution is 7.93. The third-order valence-electron chi connectivity index (χ3n) is 4.51. The summed E-state index contributed by atoms with van der Waals surface area (Å²) in [5, 5.41) is 7.36. The molecule has 0 saturated heterocycles. The van der Waals surface area contributed by atoms with Gasteiger partial charge in [0.2, 0.25) is 11.8 Å². The van der Waals surface area contributed by atoms with Crippen LogP contribution in [0.1, 0.15) is 24.6 Å². The second-order valence-electron chi connectivity index (χ2n) is 7.21. The molecule has 0 atom stereocenters. The van der Waals surface area contributed by atoms with Gasteiger partial charge >= 0.3 is 0 Å². The van der Waals surface area contributed by atoms with Crippen molar-refractivity contribution in [2.75, 3.05) is 22.5 Å². The maximum Gasteiger partial charge on any atom is 0.263 e. The number of nitrogens with one attached hydrogen (secondary N) is 3. The number of sulfonamides is 1. The number of carbonyl (C=O) groups excluding carboxylic acids is 2. The van der Waals surface area contributed by atoms with Crippen LogP contribution >= 0.6 is 11.3 Å². The summed E-state index contributed by atoms with van der Waals surface area (Å²) < 4.78 is 32.7. The van der Waals surface area contributed by atoms with E-state index >= 15 is 0 Å². The predicted octanol–water partition coefficient (Wildman–Crippen LogP) is 3.79. The van der Waals surface area contributed by atoms with Crippen LogP contribution < -0.4 is 20.1 Å². The van der Waals surface area contributed by atoms with E-state index in [1.807, 2.05) is 6.92 Å². The zero-order valence-electron chi connectivity index (χ0n) is 18.3. The Morgan fingerprint density at radius 2 is 1.82 bits per heavy atom. The first-order valence-electron chi connectivity index (χ1n) is 9.95. The number of hydrogen-bond acceptors (Lipinski definition) is 7. The van der Waals surface area contributed by atoms with E-state index in [9.17, 15) is 18.0 Å². The van der Waals surface area contributed by atoms with Crippen molar-refractivity contribution < 1.29 is 22.7 Å². The maximum atomic E-state index is 12.5. The first kappa shape index (κ1) is 24.2. The molecule has 1 heterocycles. The fourth-order valence-electron chi connectivity index (χ4n) is 2.90. The lowest BCUT2D eigenvalue weighted by Gasteiger charge is -2.12. The average molecular weight is 489 g/mol. The van der Waals surface area contributed by atoms with Crippen LogP contribution in [0.4, 0.5) is 16.5 Å². The van der Waals surface area contributed by atoms with Gasteiger partial charge in [0.05, 0.1) is 23.4 Å². The number of hydrogen-bond donors (Lipinski definition) is 3. The van der Waals surface area contributed by atoms with Crippen LogP contribution in [0, 0.1) is 6.92 Å². The Morgan fingerprint density at radius 1 is 1.09 bits per heavy atom. The Bertz CT molecular complexity index is 1250. The highest BCUT2D eigenvalue weighted by Gasteiger charge is 2.16. The molecule has 0 spiro atoms. The summed E-state index contributed by atoms with van der Waals surface area (Å²) in [6.45, 7) is 3.27. The van der Waals surface area contributed by atoms with E-state index in [1.54, 1.807) is 35.7 Å². The second kappa shape index (κ2) is 10.5. The molecule has 174 valence electrons. The minimum absolute atomic E-state index is 0.126. The summed E-state index contributed by atoms with van der Waals surface area (Å²) in [6, 6.07) is 11.4. The minimum Gasteiger partial charge on any atom is -0.495 e. The predicted molar refractivity (Wildman–Crippen MR) is 128 cm³/mol. The quantitative estimate of drug-likeness (QED) is 0.421. The number of benzene rings is 2. The van der Waals surface area contributed by atoms with Crippen molar-refractivity contribution in [3.8, 4) is 5.75 Å². The topological polar surface area (TPSA) is 126 Å². The van der Waals surface area contributed by atoms with Gasteiger partial charge in [-0.3, -0.25) is 14.3 Å². The van der Waals surface area contributed by atoms with Crippen LogP contribution in [-0.2, 0) is 26.0 Å². The van der Waals surface area contributed by atoms with Gasteiger partial charge in [0.25, 0.3) is 10.0 Å². The van der Waals surface area contributed by atoms with E-state index in [4.69, 9.17) is 4.74 Å². The van der Waals surface area contributed by atoms with E-state index in [2.05, 4.69) is 20.3 Å². The molecule has 0 radical (unpaired) electrons. The van der Waals surface area contributed by atoms with Crippen molar-refractivity contribution in [3.63, 3.8) is 0 Å². The van der Waals surface area contributed by atoms with Crippen molar-refractivity contribution in [2.24, 2.45) is 0 Å². The Labute approximate surface area is 196 Å². The molecule has 3 N–H and O–H groups in total. The summed E-state index contributed by atoms with van der Waals surface area (Å²) >= 11 is 1.15. The molecule has 0 unspecified atom stereocenters. The van der Waals surface area contributed by atoms with Gasteiger partial charge in [0, 0.05) is 24.4 Å². The van der Waals surface area contributed by atoms with Crippen molar-refractivity contribution in [1.29, 1.82) is 0 Å². The molecule has 9 nitrogen and oxygen atoms in total. The summed E-state index contributed by atoms with van der Waals surface area (Å²) in [5.74, 6) is -0.0447. The fraction of sp³-hybridized carbons (Fsp3) is 0.227. The normalized spacial score (nSPS) is 11.0. The zero-order valence-corrected chi connectivity index (χ0v) is 20.0.